The van der Waals surface area contributed by atoms with Crippen molar-refractivity contribution in [3.63, 3.8) is 0 Å². The van der Waals surface area contributed by atoms with Crippen LogP contribution in [-0.4, -0.2) is 27.7 Å². The zero-order chi connectivity index (χ0) is 18.7. The first kappa shape index (κ1) is 17.6. The van der Waals surface area contributed by atoms with Crippen LogP contribution < -0.4 is 10.1 Å². The van der Waals surface area contributed by atoms with Gasteiger partial charge in [-0.05, 0) is 5.56 Å². The Morgan fingerprint density at radius 2 is 2.04 bits per heavy atom. The predicted octanol–water partition coefficient (Wildman–Crippen LogP) is 3.29. The molecule has 1 amide bonds. The second kappa shape index (κ2) is 6.95. The summed E-state index contributed by atoms with van der Waals surface area (Å²) >= 11 is 0. The largest absolute Gasteiger partial charge is 0.504 e. The first-order valence-electron chi connectivity index (χ1n) is 7.62. The SMILES string of the molecule is CNC(=O)c1[nH]c(-c2cnn(C(F)(F)F)c2)cc1OCc1ccccc1. The van der Waals surface area contributed by atoms with E-state index in [1.54, 1.807) is 0 Å². The van der Waals surface area contributed by atoms with Crippen molar-refractivity contribution in [1.82, 2.24) is 20.1 Å². The van der Waals surface area contributed by atoms with Crippen LogP contribution in [0, 0.1) is 0 Å². The normalized spacial score (nSPS) is 11.4. The van der Waals surface area contributed by atoms with Crippen molar-refractivity contribution >= 4 is 5.91 Å². The second-order valence-electron chi connectivity index (χ2n) is 5.42. The van der Waals surface area contributed by atoms with E-state index >= 15 is 0 Å². The van der Waals surface area contributed by atoms with Crippen LogP contribution in [0.2, 0.25) is 0 Å². The number of aromatic amines is 1. The highest BCUT2D eigenvalue weighted by atomic mass is 19.4. The van der Waals surface area contributed by atoms with Crippen molar-refractivity contribution in [3.8, 4) is 17.0 Å². The molecule has 1 aromatic carbocycles. The molecule has 136 valence electrons. The molecule has 26 heavy (non-hydrogen) atoms. The van der Waals surface area contributed by atoms with Crippen molar-refractivity contribution in [3.05, 3.63) is 60.0 Å². The second-order valence-corrected chi connectivity index (χ2v) is 5.42. The number of aromatic nitrogens is 3. The summed E-state index contributed by atoms with van der Waals surface area (Å²) in [7, 11) is 1.45. The number of nitrogens with zero attached hydrogens (tertiary/aromatic N) is 2. The highest BCUT2D eigenvalue weighted by Gasteiger charge is 2.32. The average molecular weight is 364 g/mol. The maximum atomic E-state index is 12.7. The van der Waals surface area contributed by atoms with E-state index in [0.717, 1.165) is 18.0 Å². The number of nitrogens with one attached hydrogen (secondary N) is 2. The fraction of sp³-hybridized carbons (Fsp3) is 0.176. The predicted molar refractivity (Wildman–Crippen MR) is 87.5 cm³/mol. The number of carbonyl (C=O) groups excluding carboxylic acids is 1. The maximum absolute atomic E-state index is 12.7. The molecule has 3 rings (SSSR count). The van der Waals surface area contributed by atoms with Gasteiger partial charge < -0.3 is 15.0 Å². The van der Waals surface area contributed by atoms with Crippen molar-refractivity contribution in [2.24, 2.45) is 0 Å². The zero-order valence-electron chi connectivity index (χ0n) is 13.7. The molecule has 3 aromatic rings. The van der Waals surface area contributed by atoms with Gasteiger partial charge in [-0.25, -0.2) is 0 Å². The van der Waals surface area contributed by atoms with Gasteiger partial charge in [-0.15, -0.1) is 13.2 Å². The molecule has 9 heteroatoms. The number of H-pyrrole nitrogens is 1. The number of benzene rings is 1. The molecule has 0 fully saturated rings. The molecule has 0 bridgehead atoms. The molecule has 0 saturated heterocycles. The quantitative estimate of drug-likeness (QED) is 0.730. The molecule has 6 nitrogen and oxygen atoms in total. The number of halogens is 3. The standard InChI is InChI=1S/C17H15F3N4O2/c1-21-16(25)15-14(26-10-11-5-3-2-4-6-11)7-13(23-15)12-8-22-24(9-12)17(18,19)20/h2-9,23H,10H2,1H3,(H,21,25). The smallest absolute Gasteiger partial charge is 0.486 e. The van der Waals surface area contributed by atoms with Crippen LogP contribution in [0.25, 0.3) is 11.3 Å². The van der Waals surface area contributed by atoms with Crippen LogP contribution in [-0.2, 0) is 12.9 Å². The number of carbonyl (C=O) groups is 1. The molecule has 0 aliphatic rings. The molecule has 0 spiro atoms. The highest BCUT2D eigenvalue weighted by Crippen LogP contribution is 2.30. The third-order valence-corrected chi connectivity index (χ3v) is 3.63. The van der Waals surface area contributed by atoms with E-state index in [2.05, 4.69) is 15.4 Å². The Kier molecular flexibility index (Phi) is 4.70. The number of ether oxygens (including phenoxy) is 1. The van der Waals surface area contributed by atoms with Crippen molar-refractivity contribution < 1.29 is 22.7 Å². The lowest BCUT2D eigenvalue weighted by atomic mass is 10.2. The molecular formula is C17H15F3N4O2. The minimum atomic E-state index is -4.61. The van der Waals surface area contributed by atoms with E-state index in [-0.39, 0.29) is 28.3 Å². The van der Waals surface area contributed by atoms with Crippen LogP contribution in [0.4, 0.5) is 13.2 Å². The fourth-order valence-corrected chi connectivity index (χ4v) is 2.33. The van der Waals surface area contributed by atoms with Crippen LogP contribution in [0.15, 0.2) is 48.8 Å². The minimum Gasteiger partial charge on any atom is -0.486 e. The number of amides is 1. The van der Waals surface area contributed by atoms with E-state index in [1.807, 2.05) is 30.3 Å². The number of hydrogen-bond donors (Lipinski definition) is 2. The van der Waals surface area contributed by atoms with Gasteiger partial charge in [0, 0.05) is 24.9 Å². The topological polar surface area (TPSA) is 71.9 Å². The molecule has 0 saturated carbocycles. The van der Waals surface area contributed by atoms with E-state index < -0.39 is 12.2 Å². The van der Waals surface area contributed by atoms with Gasteiger partial charge in [0.05, 0.1) is 11.9 Å². The molecule has 0 radical (unpaired) electrons. The van der Waals surface area contributed by atoms with Crippen LogP contribution >= 0.6 is 0 Å². The first-order chi connectivity index (χ1) is 12.4. The summed E-state index contributed by atoms with van der Waals surface area (Å²) in [5, 5.41) is 5.75. The van der Waals surface area contributed by atoms with E-state index in [4.69, 9.17) is 4.74 Å². The summed E-state index contributed by atoms with van der Waals surface area (Å²) < 4.78 is 43.7. The molecule has 0 aliphatic heterocycles. The van der Waals surface area contributed by atoms with Crippen molar-refractivity contribution in [2.75, 3.05) is 7.05 Å². The Labute approximate surface area is 146 Å². The summed E-state index contributed by atoms with van der Waals surface area (Å²) in [5.41, 5.74) is 1.49. The first-order valence-corrected chi connectivity index (χ1v) is 7.62. The average Bonchev–Trinajstić information content (AvgIpc) is 3.27. The minimum absolute atomic E-state index is 0.104. The third kappa shape index (κ3) is 3.71. The Morgan fingerprint density at radius 1 is 1.31 bits per heavy atom. The Balaban J connectivity index is 1.89. The lowest BCUT2D eigenvalue weighted by Gasteiger charge is -2.06. The van der Waals surface area contributed by atoms with E-state index in [0.29, 0.717) is 5.69 Å². The Hall–Kier alpha value is -3.23. The molecule has 2 heterocycles. The monoisotopic (exact) mass is 364 g/mol. The molecule has 2 aromatic heterocycles. The van der Waals surface area contributed by atoms with Gasteiger partial charge in [-0.3, -0.25) is 4.79 Å². The lowest BCUT2D eigenvalue weighted by molar-refractivity contribution is -0.212. The third-order valence-electron chi connectivity index (χ3n) is 3.63. The zero-order valence-corrected chi connectivity index (χ0v) is 13.7. The molecular weight excluding hydrogens is 349 g/mol. The van der Waals surface area contributed by atoms with Crippen LogP contribution in [0.1, 0.15) is 16.1 Å². The number of hydrogen-bond acceptors (Lipinski definition) is 3. The summed E-state index contributed by atoms with van der Waals surface area (Å²) in [6, 6.07) is 10.8. The van der Waals surface area contributed by atoms with Gasteiger partial charge in [0.15, 0.2) is 5.75 Å². The summed E-state index contributed by atoms with van der Waals surface area (Å²) in [6.07, 6.45) is -2.71. The van der Waals surface area contributed by atoms with Crippen molar-refractivity contribution in [1.29, 1.82) is 0 Å². The summed E-state index contributed by atoms with van der Waals surface area (Å²) in [5.74, 6) is -0.203. The molecule has 0 atom stereocenters. The van der Waals surface area contributed by atoms with Crippen LogP contribution in [0.5, 0.6) is 5.75 Å². The van der Waals surface area contributed by atoms with Crippen molar-refractivity contribution in [2.45, 2.75) is 12.9 Å². The molecule has 2 N–H and O–H groups in total. The summed E-state index contributed by atoms with van der Waals surface area (Å²) in [6.45, 7) is 0.212. The van der Waals surface area contributed by atoms with Gasteiger partial charge in [-0.1, -0.05) is 30.3 Å². The van der Waals surface area contributed by atoms with E-state index in [9.17, 15) is 18.0 Å². The Bertz CT molecular complexity index is 900. The maximum Gasteiger partial charge on any atom is 0.504 e. The number of rotatable bonds is 5. The van der Waals surface area contributed by atoms with E-state index in [1.165, 1.54) is 13.1 Å². The fourth-order valence-electron chi connectivity index (χ4n) is 2.33. The number of alkyl halides is 3. The van der Waals surface area contributed by atoms with Crippen LogP contribution in [0.3, 0.4) is 0 Å². The molecule has 0 aliphatic carbocycles. The van der Waals surface area contributed by atoms with Gasteiger partial charge in [0.2, 0.25) is 0 Å². The Morgan fingerprint density at radius 3 is 2.65 bits per heavy atom. The van der Waals surface area contributed by atoms with Gasteiger partial charge >= 0.3 is 6.30 Å². The van der Waals surface area contributed by atoms with Gasteiger partial charge in [-0.2, -0.15) is 9.78 Å². The van der Waals surface area contributed by atoms with Gasteiger partial charge in [0.1, 0.15) is 12.3 Å². The highest BCUT2D eigenvalue weighted by molar-refractivity contribution is 5.96. The van der Waals surface area contributed by atoms with Gasteiger partial charge in [0.25, 0.3) is 5.91 Å². The lowest BCUT2D eigenvalue weighted by Crippen LogP contribution is -2.19. The summed E-state index contributed by atoms with van der Waals surface area (Å²) in [4.78, 5) is 14.8. The molecule has 0 unspecified atom stereocenters.